The van der Waals surface area contributed by atoms with Crippen molar-refractivity contribution >= 4 is 29.6 Å². The van der Waals surface area contributed by atoms with Gasteiger partial charge in [0.2, 0.25) is 0 Å². The molecule has 2 amide bonds. The highest BCUT2D eigenvalue weighted by Gasteiger charge is 2.41. The van der Waals surface area contributed by atoms with Crippen LogP contribution in [0.5, 0.6) is 0 Å². The molecule has 2 aliphatic rings. The fourth-order valence-corrected chi connectivity index (χ4v) is 6.09. The summed E-state index contributed by atoms with van der Waals surface area (Å²) in [5.41, 5.74) is -1.30. The average molecular weight is 577 g/mol. The van der Waals surface area contributed by atoms with E-state index in [1.807, 2.05) is 12.1 Å². The number of hydrogen-bond acceptors (Lipinski definition) is 5. The van der Waals surface area contributed by atoms with E-state index in [1.165, 1.54) is 4.90 Å². The molecule has 2 atom stereocenters. The highest BCUT2D eigenvalue weighted by atomic mass is 32.2. The van der Waals surface area contributed by atoms with Crippen LogP contribution in [0.2, 0.25) is 0 Å². The maximum absolute atomic E-state index is 13.5. The number of rotatable bonds is 4. The number of fused-ring (bicyclic) bond motifs is 2. The van der Waals surface area contributed by atoms with Gasteiger partial charge >= 0.3 is 24.5 Å². The maximum Gasteiger partial charge on any atom is 0.416 e. The normalized spacial score (nSPS) is 18.8. The van der Waals surface area contributed by atoms with Crippen LogP contribution in [0, 0.1) is 0 Å². The molecule has 0 spiro atoms. The minimum atomic E-state index is -5.03. The van der Waals surface area contributed by atoms with E-state index < -0.39 is 54.3 Å². The third-order valence-corrected chi connectivity index (χ3v) is 7.81. The van der Waals surface area contributed by atoms with Crippen molar-refractivity contribution in [3.8, 4) is 0 Å². The van der Waals surface area contributed by atoms with Gasteiger partial charge in [0.15, 0.2) is 0 Å². The lowest BCUT2D eigenvalue weighted by atomic mass is 9.89. The van der Waals surface area contributed by atoms with Gasteiger partial charge in [0, 0.05) is 23.2 Å². The van der Waals surface area contributed by atoms with E-state index in [0.29, 0.717) is 23.4 Å². The van der Waals surface area contributed by atoms with E-state index >= 15 is 0 Å². The molecule has 2 unspecified atom stereocenters. The summed E-state index contributed by atoms with van der Waals surface area (Å²) < 4.78 is 91.1. The number of thioether (sulfide) groups is 1. The fraction of sp³-hybridized carbons (Fsp3) is 0.462. The molecule has 0 radical (unpaired) electrons. The second-order valence-corrected chi connectivity index (χ2v) is 10.4. The van der Waals surface area contributed by atoms with Gasteiger partial charge in [-0.3, -0.25) is 9.80 Å². The Bertz CT molecular complexity index is 1230. The highest BCUT2D eigenvalue weighted by Crippen LogP contribution is 2.46. The number of carbonyl (C=O) groups excluding carboxylic acids is 2. The van der Waals surface area contributed by atoms with Gasteiger partial charge in [0.1, 0.15) is 0 Å². The molecule has 0 fully saturated rings. The quantitative estimate of drug-likeness (QED) is 0.354. The number of aryl methyl sites for hydroxylation is 1. The van der Waals surface area contributed by atoms with E-state index in [0.717, 1.165) is 34.6 Å². The third-order valence-electron chi connectivity index (χ3n) is 6.71. The lowest BCUT2D eigenvalue weighted by Gasteiger charge is -2.42. The largest absolute Gasteiger partial charge is 0.453 e. The van der Waals surface area contributed by atoms with Crippen molar-refractivity contribution in [3.63, 3.8) is 0 Å². The minimum absolute atomic E-state index is 0.0434. The molecule has 39 heavy (non-hydrogen) atoms. The molecule has 2 aromatic rings. The van der Waals surface area contributed by atoms with Gasteiger partial charge < -0.3 is 9.47 Å². The second-order valence-electron chi connectivity index (χ2n) is 9.30. The zero-order valence-corrected chi connectivity index (χ0v) is 22.1. The van der Waals surface area contributed by atoms with E-state index in [-0.39, 0.29) is 24.7 Å². The number of ether oxygens (including phenoxy) is 2. The van der Waals surface area contributed by atoms with Gasteiger partial charge in [0.25, 0.3) is 0 Å². The van der Waals surface area contributed by atoms with E-state index in [4.69, 9.17) is 9.47 Å². The van der Waals surface area contributed by atoms with E-state index in [9.17, 15) is 35.9 Å². The first kappa shape index (κ1) is 28.9. The second kappa shape index (κ2) is 10.8. The Balaban J connectivity index is 1.83. The van der Waals surface area contributed by atoms with Crippen molar-refractivity contribution in [2.75, 3.05) is 24.4 Å². The van der Waals surface area contributed by atoms with Crippen molar-refractivity contribution < 1.29 is 45.4 Å². The van der Waals surface area contributed by atoms with Crippen molar-refractivity contribution in [2.24, 2.45) is 0 Å². The summed E-state index contributed by atoms with van der Waals surface area (Å²) in [6, 6.07) is 3.60. The zero-order chi connectivity index (χ0) is 28.7. The van der Waals surface area contributed by atoms with Crippen molar-refractivity contribution in [2.45, 2.75) is 62.6 Å². The van der Waals surface area contributed by atoms with Gasteiger partial charge in [-0.15, -0.1) is 11.8 Å². The van der Waals surface area contributed by atoms with Crippen LogP contribution in [0.1, 0.15) is 54.1 Å². The molecule has 0 saturated carbocycles. The maximum atomic E-state index is 13.5. The molecule has 0 N–H and O–H groups in total. The van der Waals surface area contributed by atoms with Gasteiger partial charge in [-0.05, 0) is 73.7 Å². The molecule has 2 aromatic carbocycles. The Hall–Kier alpha value is -3.09. The molecule has 6 nitrogen and oxygen atoms in total. The van der Waals surface area contributed by atoms with Crippen LogP contribution in [0.15, 0.2) is 35.2 Å². The predicted molar refractivity (Wildman–Crippen MR) is 132 cm³/mol. The number of benzene rings is 2. The van der Waals surface area contributed by atoms with Crippen LogP contribution in [-0.4, -0.2) is 42.6 Å². The summed E-state index contributed by atoms with van der Waals surface area (Å²) >= 11 is 1.58. The number of nitrogens with zero attached hydrogens (tertiary/aromatic N) is 2. The Morgan fingerprint density at radius 1 is 1.05 bits per heavy atom. The first-order valence-electron chi connectivity index (χ1n) is 12.1. The molecule has 2 aliphatic heterocycles. The topological polar surface area (TPSA) is 59.1 Å². The van der Waals surface area contributed by atoms with Crippen LogP contribution in [-0.2, 0) is 34.8 Å². The molecule has 0 aliphatic carbocycles. The smallest absolute Gasteiger partial charge is 0.416 e. The van der Waals surface area contributed by atoms with Gasteiger partial charge in [-0.25, -0.2) is 9.59 Å². The van der Waals surface area contributed by atoms with Gasteiger partial charge in [-0.2, -0.15) is 26.3 Å². The number of halogens is 6. The van der Waals surface area contributed by atoms with Crippen molar-refractivity contribution in [1.29, 1.82) is 0 Å². The molecular weight excluding hydrogens is 550 g/mol. The average Bonchev–Trinajstić information content (AvgIpc) is 3.31. The standard InChI is InChI=1S/C26H26F6N2O4S/c1-4-38-24(36)34-14(2)7-20(19-12-22-16(5-6-39-22)10-21(19)34)33(23(35)37-3)13-15-8-17(25(27,28)29)11-18(9-15)26(30,31)32/h8-12,14,20H,4-7,13H2,1-3H3. The molecular formula is C26H26F6N2O4S. The minimum Gasteiger partial charge on any atom is -0.453 e. The van der Waals surface area contributed by atoms with Crippen molar-refractivity contribution in [3.05, 3.63) is 58.1 Å². The molecule has 0 saturated heterocycles. The summed E-state index contributed by atoms with van der Waals surface area (Å²) in [5.74, 6) is 0.809. The Labute approximate surface area is 225 Å². The number of methoxy groups -OCH3 is 1. The summed E-state index contributed by atoms with van der Waals surface area (Å²) in [6.45, 7) is 2.95. The van der Waals surface area contributed by atoms with Crippen LogP contribution in [0.25, 0.3) is 0 Å². The first-order chi connectivity index (χ1) is 18.2. The molecule has 212 valence electrons. The number of alkyl halides is 6. The lowest BCUT2D eigenvalue weighted by molar-refractivity contribution is -0.143. The summed E-state index contributed by atoms with van der Waals surface area (Å²) in [6.07, 6.45) is -10.7. The van der Waals surface area contributed by atoms with E-state index in [2.05, 4.69) is 0 Å². The predicted octanol–water partition coefficient (Wildman–Crippen LogP) is 7.44. The molecule has 13 heteroatoms. The lowest BCUT2D eigenvalue weighted by Crippen LogP contribution is -2.47. The van der Waals surface area contributed by atoms with Crippen LogP contribution in [0.3, 0.4) is 0 Å². The Morgan fingerprint density at radius 2 is 1.69 bits per heavy atom. The SMILES string of the molecule is CCOC(=O)N1c2cc3c(cc2C(N(Cc2cc(C(F)(F)F)cc(C(F)(F)F)c2)C(=O)OC)CC1C)SCC3. The highest BCUT2D eigenvalue weighted by molar-refractivity contribution is 7.99. The van der Waals surface area contributed by atoms with Crippen LogP contribution >= 0.6 is 11.8 Å². The molecule has 0 bridgehead atoms. The molecule has 4 rings (SSSR count). The zero-order valence-electron chi connectivity index (χ0n) is 21.3. The van der Waals surface area contributed by atoms with Gasteiger partial charge in [-0.1, -0.05) is 0 Å². The third kappa shape index (κ3) is 5.92. The number of anilines is 1. The van der Waals surface area contributed by atoms with Gasteiger partial charge in [0.05, 0.1) is 36.6 Å². The van der Waals surface area contributed by atoms with Crippen LogP contribution in [0.4, 0.5) is 41.6 Å². The summed E-state index contributed by atoms with van der Waals surface area (Å²) in [4.78, 5) is 29.4. The fourth-order valence-electron chi connectivity index (χ4n) is 4.99. The van der Waals surface area contributed by atoms with E-state index in [1.54, 1.807) is 25.6 Å². The Kier molecular flexibility index (Phi) is 8.02. The molecule has 0 aromatic heterocycles. The van der Waals surface area contributed by atoms with Crippen LogP contribution < -0.4 is 4.90 Å². The monoisotopic (exact) mass is 576 g/mol. The first-order valence-corrected chi connectivity index (χ1v) is 13.1. The Morgan fingerprint density at radius 3 is 2.26 bits per heavy atom. The summed E-state index contributed by atoms with van der Waals surface area (Å²) in [5, 5.41) is 0. The number of amides is 2. The number of carbonyl (C=O) groups is 2. The number of hydrogen-bond donors (Lipinski definition) is 0. The molecule has 2 heterocycles. The summed E-state index contributed by atoms with van der Waals surface area (Å²) in [7, 11) is 1.08. The van der Waals surface area contributed by atoms with Crippen molar-refractivity contribution in [1.82, 2.24) is 4.90 Å².